The third-order valence-electron chi connectivity index (χ3n) is 4.68. The van der Waals surface area contributed by atoms with E-state index in [4.69, 9.17) is 10.5 Å². The Morgan fingerprint density at radius 1 is 1.03 bits per heavy atom. The van der Waals surface area contributed by atoms with Crippen LogP contribution in [0.4, 0.5) is 5.95 Å². The first-order chi connectivity index (χ1) is 15.1. The monoisotopic (exact) mass is 412 g/mol. The summed E-state index contributed by atoms with van der Waals surface area (Å²) >= 11 is 0. The summed E-state index contributed by atoms with van der Waals surface area (Å²) in [6, 6.07) is 15.3. The van der Waals surface area contributed by atoms with Gasteiger partial charge in [-0.05, 0) is 36.8 Å². The second-order valence-electron chi connectivity index (χ2n) is 6.99. The molecule has 31 heavy (non-hydrogen) atoms. The molecule has 3 heterocycles. The van der Waals surface area contributed by atoms with Gasteiger partial charge in [-0.25, -0.2) is 14.6 Å². The van der Waals surface area contributed by atoms with Gasteiger partial charge < -0.3 is 10.5 Å². The number of hydrogen-bond donors (Lipinski definition) is 1. The lowest BCUT2D eigenvalue weighted by Crippen LogP contribution is -2.04. The minimum Gasteiger partial charge on any atom is -0.378 e. The highest BCUT2D eigenvalue weighted by Gasteiger charge is 2.12. The Balaban J connectivity index is 1.62. The number of pyridine rings is 1. The fourth-order valence-corrected chi connectivity index (χ4v) is 3.15. The van der Waals surface area contributed by atoms with E-state index in [1.807, 2.05) is 37.3 Å². The molecule has 0 saturated carbocycles. The molecule has 0 spiro atoms. The number of benzene rings is 1. The third kappa shape index (κ3) is 4.55. The number of nitrogens with two attached hydrogens (primary N) is 1. The highest BCUT2D eigenvalue weighted by Crippen LogP contribution is 2.25. The highest BCUT2D eigenvalue weighted by atomic mass is 16.5. The summed E-state index contributed by atoms with van der Waals surface area (Å²) in [5, 5.41) is 17.7. The molecule has 154 valence electrons. The van der Waals surface area contributed by atoms with Crippen molar-refractivity contribution in [2.75, 3.05) is 12.8 Å². The quantitative estimate of drug-likeness (QED) is 0.512. The zero-order chi connectivity index (χ0) is 21.8. The number of ether oxygens (including phenoxy) is 1. The minimum atomic E-state index is 0.120. The summed E-state index contributed by atoms with van der Waals surface area (Å²) in [5.74, 6) is 0.120. The SMILES string of the molecule is COCc1cccc(Cn2cc(-c3cc(-c4ccc(C)c(C#N)c4)nc(N)n3)nn2)n1. The van der Waals surface area contributed by atoms with E-state index in [0.29, 0.717) is 35.8 Å². The fourth-order valence-electron chi connectivity index (χ4n) is 3.15. The van der Waals surface area contributed by atoms with Crippen LogP contribution < -0.4 is 5.73 Å². The number of methoxy groups -OCH3 is 1. The Morgan fingerprint density at radius 2 is 1.84 bits per heavy atom. The van der Waals surface area contributed by atoms with Gasteiger partial charge >= 0.3 is 0 Å². The summed E-state index contributed by atoms with van der Waals surface area (Å²) < 4.78 is 6.82. The van der Waals surface area contributed by atoms with Crippen LogP contribution >= 0.6 is 0 Å². The van der Waals surface area contributed by atoms with Gasteiger partial charge in [-0.15, -0.1) is 5.10 Å². The Kier molecular flexibility index (Phi) is 5.64. The van der Waals surface area contributed by atoms with Crippen LogP contribution in [0.1, 0.15) is 22.5 Å². The molecule has 0 radical (unpaired) electrons. The van der Waals surface area contributed by atoms with Crippen molar-refractivity contribution in [2.24, 2.45) is 0 Å². The van der Waals surface area contributed by atoms with Gasteiger partial charge in [0.2, 0.25) is 5.95 Å². The first-order valence-corrected chi connectivity index (χ1v) is 9.55. The second kappa shape index (κ2) is 8.69. The standard InChI is InChI=1S/C22H20N8O/c1-14-6-7-15(8-16(14)10-23)19-9-20(27-22(24)26-19)21-12-30(29-28-21)11-17-4-3-5-18(25-17)13-31-2/h3-9,12H,11,13H2,1-2H3,(H2,24,26,27). The predicted molar refractivity (Wildman–Crippen MR) is 114 cm³/mol. The molecule has 0 aliphatic carbocycles. The first kappa shape index (κ1) is 20.1. The summed E-state index contributed by atoms with van der Waals surface area (Å²) in [6.07, 6.45) is 1.78. The number of aryl methyl sites for hydroxylation is 1. The van der Waals surface area contributed by atoms with Crippen molar-refractivity contribution in [2.45, 2.75) is 20.1 Å². The maximum Gasteiger partial charge on any atom is 0.221 e. The van der Waals surface area contributed by atoms with Gasteiger partial charge in [0.15, 0.2) is 0 Å². The molecule has 0 aliphatic heterocycles. The summed E-state index contributed by atoms with van der Waals surface area (Å²) in [4.78, 5) is 13.2. The van der Waals surface area contributed by atoms with Gasteiger partial charge in [-0.3, -0.25) is 4.98 Å². The molecule has 0 amide bonds. The van der Waals surface area contributed by atoms with Gasteiger partial charge in [0.05, 0.1) is 53.8 Å². The van der Waals surface area contributed by atoms with Crippen molar-refractivity contribution >= 4 is 5.95 Å². The fraction of sp³-hybridized carbons (Fsp3) is 0.182. The Labute approximate surface area is 179 Å². The molecule has 4 aromatic rings. The van der Waals surface area contributed by atoms with Crippen molar-refractivity contribution in [3.63, 3.8) is 0 Å². The van der Waals surface area contributed by atoms with Gasteiger partial charge in [-0.1, -0.05) is 23.4 Å². The van der Waals surface area contributed by atoms with Crippen molar-refractivity contribution in [3.8, 4) is 28.7 Å². The lowest BCUT2D eigenvalue weighted by atomic mass is 10.0. The Hall–Kier alpha value is -4.16. The van der Waals surface area contributed by atoms with Crippen LogP contribution in [0, 0.1) is 18.3 Å². The second-order valence-corrected chi connectivity index (χ2v) is 6.99. The molecule has 3 aromatic heterocycles. The van der Waals surface area contributed by atoms with Crippen molar-refractivity contribution in [1.82, 2.24) is 29.9 Å². The lowest BCUT2D eigenvalue weighted by molar-refractivity contribution is 0.181. The Morgan fingerprint density at radius 3 is 2.65 bits per heavy atom. The summed E-state index contributed by atoms with van der Waals surface area (Å²) in [6.45, 7) is 2.80. The number of nitrogen functional groups attached to an aromatic ring is 1. The van der Waals surface area contributed by atoms with E-state index in [1.54, 1.807) is 30.1 Å². The summed E-state index contributed by atoms with van der Waals surface area (Å²) in [7, 11) is 1.64. The van der Waals surface area contributed by atoms with Crippen LogP contribution in [0.25, 0.3) is 22.6 Å². The average molecular weight is 412 g/mol. The molecule has 0 unspecified atom stereocenters. The molecule has 0 aliphatic rings. The molecule has 9 heteroatoms. The smallest absolute Gasteiger partial charge is 0.221 e. The molecular weight excluding hydrogens is 392 g/mol. The predicted octanol–water partition coefficient (Wildman–Crippen LogP) is 2.75. The van der Waals surface area contributed by atoms with Gasteiger partial charge in [-0.2, -0.15) is 5.26 Å². The van der Waals surface area contributed by atoms with Gasteiger partial charge in [0, 0.05) is 12.7 Å². The van der Waals surface area contributed by atoms with Crippen LogP contribution in [0.2, 0.25) is 0 Å². The molecule has 0 fully saturated rings. The number of aromatic nitrogens is 6. The van der Waals surface area contributed by atoms with E-state index < -0.39 is 0 Å². The van der Waals surface area contributed by atoms with Crippen molar-refractivity contribution < 1.29 is 4.74 Å². The maximum atomic E-state index is 9.31. The zero-order valence-corrected chi connectivity index (χ0v) is 17.1. The molecule has 1 aromatic carbocycles. The maximum absolute atomic E-state index is 9.31. The summed E-state index contributed by atoms with van der Waals surface area (Å²) in [5.41, 5.74) is 11.6. The number of hydrogen-bond acceptors (Lipinski definition) is 8. The van der Waals surface area contributed by atoms with E-state index in [1.165, 1.54) is 0 Å². The lowest BCUT2D eigenvalue weighted by Gasteiger charge is -2.06. The number of rotatable bonds is 6. The van der Waals surface area contributed by atoms with E-state index >= 15 is 0 Å². The topological polar surface area (TPSA) is 128 Å². The molecule has 0 saturated heterocycles. The van der Waals surface area contributed by atoms with E-state index in [2.05, 4.69) is 31.3 Å². The highest BCUT2D eigenvalue weighted by molar-refractivity contribution is 5.68. The van der Waals surface area contributed by atoms with Crippen LogP contribution in [-0.4, -0.2) is 37.1 Å². The van der Waals surface area contributed by atoms with Crippen LogP contribution in [0.5, 0.6) is 0 Å². The van der Waals surface area contributed by atoms with E-state index in [-0.39, 0.29) is 5.95 Å². The Bertz CT molecular complexity index is 1270. The van der Waals surface area contributed by atoms with Crippen LogP contribution in [0.3, 0.4) is 0 Å². The number of nitriles is 1. The van der Waals surface area contributed by atoms with Crippen molar-refractivity contribution in [1.29, 1.82) is 5.26 Å². The van der Waals surface area contributed by atoms with Gasteiger partial charge in [0.1, 0.15) is 5.69 Å². The van der Waals surface area contributed by atoms with E-state index in [9.17, 15) is 5.26 Å². The zero-order valence-electron chi connectivity index (χ0n) is 17.1. The number of nitrogens with zero attached hydrogens (tertiary/aromatic N) is 7. The molecule has 2 N–H and O–H groups in total. The first-order valence-electron chi connectivity index (χ1n) is 9.55. The number of anilines is 1. The van der Waals surface area contributed by atoms with Gasteiger partial charge in [0.25, 0.3) is 0 Å². The third-order valence-corrected chi connectivity index (χ3v) is 4.68. The largest absolute Gasteiger partial charge is 0.378 e. The molecule has 9 nitrogen and oxygen atoms in total. The van der Waals surface area contributed by atoms with E-state index in [0.717, 1.165) is 22.5 Å². The molecule has 0 atom stereocenters. The molecule has 4 rings (SSSR count). The molecule has 0 bridgehead atoms. The normalized spacial score (nSPS) is 10.7. The molecular formula is C22H20N8O. The minimum absolute atomic E-state index is 0.120. The van der Waals surface area contributed by atoms with Crippen LogP contribution in [0.15, 0.2) is 48.7 Å². The average Bonchev–Trinajstić information content (AvgIpc) is 3.23. The van der Waals surface area contributed by atoms with Crippen LogP contribution in [-0.2, 0) is 17.9 Å². The van der Waals surface area contributed by atoms with Crippen molar-refractivity contribution in [3.05, 3.63) is 71.2 Å².